The summed E-state index contributed by atoms with van der Waals surface area (Å²) in [5.41, 5.74) is 1.49. The quantitative estimate of drug-likeness (QED) is 0.685. The van der Waals surface area contributed by atoms with Crippen LogP contribution in [0.3, 0.4) is 0 Å². The molecular formula is C17H23NO3. The van der Waals surface area contributed by atoms with E-state index in [9.17, 15) is 9.59 Å². The summed E-state index contributed by atoms with van der Waals surface area (Å²) in [5.74, 6) is -0.767. The van der Waals surface area contributed by atoms with Crippen LogP contribution in [-0.2, 0) is 14.3 Å². The number of hydrogen-bond acceptors (Lipinski definition) is 3. The van der Waals surface area contributed by atoms with Gasteiger partial charge in [-0.15, -0.1) is 0 Å². The fourth-order valence-electron chi connectivity index (χ4n) is 1.65. The van der Waals surface area contributed by atoms with Gasteiger partial charge >= 0.3 is 5.97 Å². The molecule has 1 aromatic carbocycles. The van der Waals surface area contributed by atoms with E-state index in [1.807, 2.05) is 31.2 Å². The van der Waals surface area contributed by atoms with Crippen LogP contribution in [0.2, 0.25) is 0 Å². The molecule has 0 bridgehead atoms. The second-order valence-corrected chi connectivity index (χ2v) is 5.95. The van der Waals surface area contributed by atoms with Crippen molar-refractivity contribution in [2.75, 3.05) is 0 Å². The molecule has 1 atom stereocenters. The fraction of sp³-hybridized carbons (Fsp3) is 0.412. The number of esters is 1. The van der Waals surface area contributed by atoms with Crippen molar-refractivity contribution in [1.82, 2.24) is 5.32 Å². The number of carbonyl (C=O) groups is 2. The van der Waals surface area contributed by atoms with Crippen molar-refractivity contribution < 1.29 is 14.3 Å². The SMILES string of the molecule is Cc1ccccc1/C=C/C(=O)N[C@@H](C)C(=O)OC(C)(C)C. The Morgan fingerprint density at radius 1 is 1.24 bits per heavy atom. The highest BCUT2D eigenvalue weighted by Crippen LogP contribution is 2.09. The van der Waals surface area contributed by atoms with Crippen molar-refractivity contribution >= 4 is 18.0 Å². The summed E-state index contributed by atoms with van der Waals surface area (Å²) in [6, 6.07) is 7.07. The fourth-order valence-corrected chi connectivity index (χ4v) is 1.65. The molecule has 1 amide bonds. The number of benzene rings is 1. The van der Waals surface area contributed by atoms with Crippen molar-refractivity contribution in [3.8, 4) is 0 Å². The van der Waals surface area contributed by atoms with Crippen molar-refractivity contribution in [2.45, 2.75) is 46.3 Å². The topological polar surface area (TPSA) is 55.4 Å². The number of amides is 1. The zero-order valence-electron chi connectivity index (χ0n) is 13.3. The molecule has 0 spiro atoms. The zero-order valence-corrected chi connectivity index (χ0v) is 13.3. The molecule has 0 aliphatic carbocycles. The van der Waals surface area contributed by atoms with E-state index in [-0.39, 0.29) is 5.91 Å². The highest BCUT2D eigenvalue weighted by molar-refractivity contribution is 5.94. The second kappa shape index (κ2) is 7.07. The molecule has 0 saturated heterocycles. The molecule has 0 fully saturated rings. The molecule has 0 heterocycles. The van der Waals surface area contributed by atoms with Gasteiger partial charge in [0.2, 0.25) is 5.91 Å². The standard InChI is InChI=1S/C17H23NO3/c1-12-8-6-7-9-14(12)10-11-15(19)18-13(2)16(20)21-17(3,4)5/h6-11,13H,1-5H3,(H,18,19)/b11-10+/t13-/m0/s1. The maximum absolute atomic E-state index is 11.8. The van der Waals surface area contributed by atoms with Gasteiger partial charge in [0.25, 0.3) is 0 Å². The van der Waals surface area contributed by atoms with Crippen LogP contribution >= 0.6 is 0 Å². The van der Waals surface area contributed by atoms with E-state index in [0.717, 1.165) is 11.1 Å². The Morgan fingerprint density at radius 3 is 2.43 bits per heavy atom. The molecule has 0 saturated carbocycles. The first-order valence-electron chi connectivity index (χ1n) is 6.96. The Kier molecular flexibility index (Phi) is 5.70. The second-order valence-electron chi connectivity index (χ2n) is 5.95. The number of nitrogens with one attached hydrogen (secondary N) is 1. The van der Waals surface area contributed by atoms with Gasteiger partial charge in [0, 0.05) is 6.08 Å². The van der Waals surface area contributed by atoms with Crippen LogP contribution in [0.15, 0.2) is 30.3 Å². The van der Waals surface area contributed by atoms with Gasteiger partial charge in [0.05, 0.1) is 0 Å². The molecule has 1 aromatic rings. The van der Waals surface area contributed by atoms with Gasteiger partial charge in [-0.3, -0.25) is 4.79 Å². The minimum absolute atomic E-state index is 0.323. The lowest BCUT2D eigenvalue weighted by atomic mass is 10.1. The van der Waals surface area contributed by atoms with Crippen LogP contribution < -0.4 is 5.32 Å². The van der Waals surface area contributed by atoms with Gasteiger partial charge in [-0.05, 0) is 51.8 Å². The molecule has 0 radical (unpaired) electrons. The van der Waals surface area contributed by atoms with Crippen LogP contribution in [-0.4, -0.2) is 23.5 Å². The molecule has 0 aliphatic rings. The summed E-state index contributed by atoms with van der Waals surface area (Å²) < 4.78 is 5.20. The zero-order chi connectivity index (χ0) is 16.0. The Hall–Kier alpha value is -2.10. The van der Waals surface area contributed by atoms with Crippen molar-refractivity contribution in [1.29, 1.82) is 0 Å². The van der Waals surface area contributed by atoms with E-state index in [0.29, 0.717) is 0 Å². The summed E-state index contributed by atoms with van der Waals surface area (Å²) >= 11 is 0. The first-order valence-corrected chi connectivity index (χ1v) is 6.96. The lowest BCUT2D eigenvalue weighted by Gasteiger charge is -2.22. The third-order valence-electron chi connectivity index (χ3n) is 2.72. The van der Waals surface area contributed by atoms with E-state index in [2.05, 4.69) is 5.32 Å². The van der Waals surface area contributed by atoms with Gasteiger partial charge in [0.1, 0.15) is 11.6 Å². The molecule has 1 N–H and O–H groups in total. The van der Waals surface area contributed by atoms with E-state index in [1.165, 1.54) is 6.08 Å². The van der Waals surface area contributed by atoms with Gasteiger partial charge in [-0.1, -0.05) is 24.3 Å². The third-order valence-corrected chi connectivity index (χ3v) is 2.72. The maximum atomic E-state index is 11.8. The van der Waals surface area contributed by atoms with E-state index in [4.69, 9.17) is 4.74 Å². The highest BCUT2D eigenvalue weighted by Gasteiger charge is 2.22. The van der Waals surface area contributed by atoms with Crippen molar-refractivity contribution in [3.63, 3.8) is 0 Å². The predicted molar refractivity (Wildman–Crippen MR) is 83.7 cm³/mol. The highest BCUT2D eigenvalue weighted by atomic mass is 16.6. The molecule has 21 heavy (non-hydrogen) atoms. The molecule has 4 heteroatoms. The molecular weight excluding hydrogens is 266 g/mol. The maximum Gasteiger partial charge on any atom is 0.328 e. The van der Waals surface area contributed by atoms with Crippen molar-refractivity contribution in [2.24, 2.45) is 0 Å². The summed E-state index contributed by atoms with van der Waals surface area (Å²) in [6.45, 7) is 8.95. The van der Waals surface area contributed by atoms with Crippen LogP contribution in [0.25, 0.3) is 6.08 Å². The lowest BCUT2D eigenvalue weighted by molar-refractivity contribution is -0.157. The average molecular weight is 289 g/mol. The Labute approximate surface area is 126 Å². The molecule has 1 rings (SSSR count). The summed E-state index contributed by atoms with van der Waals surface area (Å²) in [7, 11) is 0. The minimum Gasteiger partial charge on any atom is -0.458 e. The summed E-state index contributed by atoms with van der Waals surface area (Å²) in [5, 5.41) is 2.59. The molecule has 114 valence electrons. The monoisotopic (exact) mass is 289 g/mol. The minimum atomic E-state index is -0.682. The van der Waals surface area contributed by atoms with Crippen molar-refractivity contribution in [3.05, 3.63) is 41.5 Å². The van der Waals surface area contributed by atoms with Crippen LogP contribution in [0, 0.1) is 6.92 Å². The summed E-state index contributed by atoms with van der Waals surface area (Å²) in [6.07, 6.45) is 3.15. The van der Waals surface area contributed by atoms with Gasteiger partial charge in [0.15, 0.2) is 0 Å². The lowest BCUT2D eigenvalue weighted by Crippen LogP contribution is -2.41. The Morgan fingerprint density at radius 2 is 1.86 bits per heavy atom. The average Bonchev–Trinajstić information content (AvgIpc) is 2.35. The molecule has 0 aromatic heterocycles. The predicted octanol–water partition coefficient (Wildman–Crippen LogP) is 2.85. The third kappa shape index (κ3) is 6.25. The number of rotatable bonds is 4. The largest absolute Gasteiger partial charge is 0.458 e. The summed E-state index contributed by atoms with van der Waals surface area (Å²) in [4.78, 5) is 23.6. The number of carbonyl (C=O) groups excluding carboxylic acids is 2. The first kappa shape index (κ1) is 17.0. The van der Waals surface area contributed by atoms with Gasteiger partial charge in [-0.2, -0.15) is 0 Å². The number of ether oxygens (including phenoxy) is 1. The Bertz CT molecular complexity index is 541. The molecule has 4 nitrogen and oxygen atoms in total. The van der Waals surface area contributed by atoms with Crippen LogP contribution in [0.1, 0.15) is 38.8 Å². The van der Waals surface area contributed by atoms with Gasteiger partial charge in [-0.25, -0.2) is 4.79 Å². The van der Waals surface area contributed by atoms with Gasteiger partial charge < -0.3 is 10.1 Å². The number of aryl methyl sites for hydroxylation is 1. The molecule has 0 unspecified atom stereocenters. The van der Waals surface area contributed by atoms with E-state index >= 15 is 0 Å². The Balaban J connectivity index is 2.58. The van der Waals surface area contributed by atoms with Crippen LogP contribution in [0.5, 0.6) is 0 Å². The first-order chi connectivity index (χ1) is 9.69. The normalized spacial score (nSPS) is 13.0. The van der Waals surface area contributed by atoms with Crippen LogP contribution in [0.4, 0.5) is 0 Å². The van der Waals surface area contributed by atoms with E-state index < -0.39 is 17.6 Å². The van der Waals surface area contributed by atoms with E-state index in [1.54, 1.807) is 33.8 Å². The molecule has 0 aliphatic heterocycles. The number of hydrogen-bond donors (Lipinski definition) is 1. The smallest absolute Gasteiger partial charge is 0.328 e.